The number of anilines is 2. The lowest BCUT2D eigenvalue weighted by Gasteiger charge is -2.42. The maximum Gasteiger partial charge on any atom is 0.390 e. The van der Waals surface area contributed by atoms with E-state index in [0.29, 0.717) is 30.3 Å². The lowest BCUT2D eigenvalue weighted by Crippen LogP contribution is -2.52. The summed E-state index contributed by atoms with van der Waals surface area (Å²) in [6.07, 6.45) is -5.11. The first kappa shape index (κ1) is 29.6. The number of alkyl halides is 3. The molecule has 1 heterocycles. The number of carbonyl (C=O) groups is 2. The minimum Gasteiger partial charge on any atom is -0.365 e. The minimum atomic E-state index is -4.24. The average Bonchev–Trinajstić information content (AvgIpc) is 2.84. The van der Waals surface area contributed by atoms with Crippen LogP contribution in [0, 0.1) is 11.6 Å². The zero-order valence-electron chi connectivity index (χ0n) is 20.7. The second-order valence-electron chi connectivity index (χ2n) is 9.04. The number of rotatable bonds is 9. The van der Waals surface area contributed by atoms with E-state index < -0.39 is 41.6 Å². The van der Waals surface area contributed by atoms with E-state index in [1.165, 1.54) is 18.2 Å². The van der Waals surface area contributed by atoms with Crippen molar-refractivity contribution in [2.24, 2.45) is 5.73 Å². The highest BCUT2D eigenvalue weighted by molar-refractivity contribution is 6.31. The summed E-state index contributed by atoms with van der Waals surface area (Å²) >= 11 is 6.18. The van der Waals surface area contributed by atoms with Crippen LogP contribution in [-0.4, -0.2) is 61.7 Å². The van der Waals surface area contributed by atoms with Crippen molar-refractivity contribution in [2.75, 3.05) is 42.9 Å². The molecule has 0 bridgehead atoms. The number of halogens is 6. The summed E-state index contributed by atoms with van der Waals surface area (Å²) in [4.78, 5) is 28.1. The predicted octanol–water partition coefficient (Wildman–Crippen LogP) is 4.30. The molecule has 0 aromatic heterocycles. The highest BCUT2D eigenvalue weighted by atomic mass is 35.5. The van der Waals surface area contributed by atoms with E-state index in [9.17, 15) is 31.5 Å². The van der Waals surface area contributed by atoms with Crippen molar-refractivity contribution < 1.29 is 31.5 Å². The Balaban J connectivity index is 1.74. The zero-order chi connectivity index (χ0) is 28.0. The largest absolute Gasteiger partial charge is 0.390 e. The van der Waals surface area contributed by atoms with Gasteiger partial charge in [-0.15, -0.1) is 0 Å². The fraction of sp³-hybridized carbons (Fsp3) is 0.440. The van der Waals surface area contributed by atoms with Crippen LogP contribution in [0.3, 0.4) is 0 Å². The lowest BCUT2D eigenvalue weighted by molar-refractivity contribution is -0.138. The van der Waals surface area contributed by atoms with Crippen molar-refractivity contribution in [3.8, 4) is 0 Å². The molecule has 3 rings (SSSR count). The summed E-state index contributed by atoms with van der Waals surface area (Å²) < 4.78 is 67.3. The number of hydrogen-bond donors (Lipinski definition) is 3. The fourth-order valence-corrected chi connectivity index (χ4v) is 4.40. The second-order valence-corrected chi connectivity index (χ2v) is 9.48. The molecule has 1 fully saturated rings. The third kappa shape index (κ3) is 7.78. The molecule has 7 nitrogen and oxygen atoms in total. The molecule has 0 aliphatic carbocycles. The Kier molecular flexibility index (Phi) is 9.91. The summed E-state index contributed by atoms with van der Waals surface area (Å²) in [6, 6.07) is 6.76. The van der Waals surface area contributed by atoms with Crippen molar-refractivity contribution in [1.82, 2.24) is 10.2 Å². The zero-order valence-corrected chi connectivity index (χ0v) is 21.4. The molecule has 4 N–H and O–H groups in total. The normalized spacial score (nSPS) is 16.4. The maximum atomic E-state index is 14.8. The van der Waals surface area contributed by atoms with E-state index in [4.69, 9.17) is 17.3 Å². The van der Waals surface area contributed by atoms with Gasteiger partial charge >= 0.3 is 6.18 Å². The molecule has 0 radical (unpaired) electrons. The lowest BCUT2D eigenvalue weighted by atomic mass is 10.1. The fourth-order valence-electron chi connectivity index (χ4n) is 4.23. The number of nitrogens with zero attached hydrogens (tertiary/aromatic N) is 2. The van der Waals surface area contributed by atoms with Crippen molar-refractivity contribution in [3.05, 3.63) is 58.1 Å². The van der Waals surface area contributed by atoms with Crippen LogP contribution in [0.15, 0.2) is 30.3 Å². The molecule has 2 aromatic carbocycles. The third-order valence-electron chi connectivity index (χ3n) is 6.19. The SMILES string of the molecule is C[C@@H]1CN(CCC(F)(F)F)CCN1c1cc(Cl)ccc1NC(=O)c1ccc(CNC(=O)CCN)c(F)c1F. The van der Waals surface area contributed by atoms with Gasteiger partial charge in [0.1, 0.15) is 0 Å². The van der Waals surface area contributed by atoms with Gasteiger partial charge in [0, 0.05) is 62.3 Å². The molecule has 208 valence electrons. The molecule has 1 aliphatic heterocycles. The van der Waals surface area contributed by atoms with E-state index in [-0.39, 0.29) is 43.3 Å². The van der Waals surface area contributed by atoms with Crippen LogP contribution >= 0.6 is 11.6 Å². The molecule has 1 atom stereocenters. The second kappa shape index (κ2) is 12.7. The van der Waals surface area contributed by atoms with Gasteiger partial charge in [0.15, 0.2) is 11.6 Å². The molecule has 0 spiro atoms. The van der Waals surface area contributed by atoms with Crippen molar-refractivity contribution in [2.45, 2.75) is 38.5 Å². The molecular formula is C25H29ClF5N5O2. The van der Waals surface area contributed by atoms with Gasteiger partial charge in [-0.3, -0.25) is 14.5 Å². The topological polar surface area (TPSA) is 90.7 Å². The van der Waals surface area contributed by atoms with Gasteiger partial charge in [-0.05, 0) is 31.2 Å². The van der Waals surface area contributed by atoms with E-state index in [2.05, 4.69) is 10.6 Å². The van der Waals surface area contributed by atoms with Gasteiger partial charge in [-0.25, -0.2) is 8.78 Å². The Morgan fingerprint density at radius 3 is 2.53 bits per heavy atom. The number of hydrogen-bond acceptors (Lipinski definition) is 5. The monoisotopic (exact) mass is 561 g/mol. The van der Waals surface area contributed by atoms with Gasteiger partial charge in [0.25, 0.3) is 5.91 Å². The van der Waals surface area contributed by atoms with Crippen LogP contribution in [0.1, 0.15) is 35.7 Å². The standard InChI is InChI=1S/C25H29ClF5N5O2/c1-15-14-35(9-7-25(29,30)31)10-11-36(15)20-12-17(26)3-5-19(20)34-24(38)18-4-2-16(22(27)23(18)28)13-33-21(37)6-8-32/h2-5,12,15H,6-11,13-14,32H2,1H3,(H,33,37)(H,34,38)/t15-/m1/s1. The van der Waals surface area contributed by atoms with Crippen LogP contribution < -0.4 is 21.3 Å². The molecule has 1 saturated heterocycles. The highest BCUT2D eigenvalue weighted by Crippen LogP contribution is 2.33. The van der Waals surface area contributed by atoms with Crippen molar-refractivity contribution in [1.29, 1.82) is 0 Å². The van der Waals surface area contributed by atoms with Crippen molar-refractivity contribution >= 4 is 34.8 Å². The molecule has 2 aromatic rings. The van der Waals surface area contributed by atoms with Gasteiger partial charge in [-0.1, -0.05) is 17.7 Å². The van der Waals surface area contributed by atoms with Crippen LogP contribution in [-0.2, 0) is 11.3 Å². The van der Waals surface area contributed by atoms with Gasteiger partial charge in [0.05, 0.1) is 23.4 Å². The first-order valence-corrected chi connectivity index (χ1v) is 12.4. The first-order chi connectivity index (χ1) is 17.9. The summed E-state index contributed by atoms with van der Waals surface area (Å²) in [5, 5.41) is 5.38. The molecule has 38 heavy (non-hydrogen) atoms. The van der Waals surface area contributed by atoms with Crippen LogP contribution in [0.4, 0.5) is 33.3 Å². The van der Waals surface area contributed by atoms with E-state index >= 15 is 0 Å². The Hall–Kier alpha value is -2.96. The number of carbonyl (C=O) groups excluding carboxylic acids is 2. The highest BCUT2D eigenvalue weighted by Gasteiger charge is 2.31. The Labute approximate surface area is 222 Å². The van der Waals surface area contributed by atoms with Gasteiger partial charge in [-0.2, -0.15) is 13.2 Å². The molecular weight excluding hydrogens is 533 g/mol. The minimum absolute atomic E-state index is 0.0369. The number of nitrogens with two attached hydrogens (primary N) is 1. The number of nitrogens with one attached hydrogen (secondary N) is 2. The maximum absolute atomic E-state index is 14.8. The molecule has 0 unspecified atom stereocenters. The van der Waals surface area contributed by atoms with Crippen LogP contribution in [0.5, 0.6) is 0 Å². The third-order valence-corrected chi connectivity index (χ3v) is 6.43. The number of benzene rings is 2. The quantitative estimate of drug-likeness (QED) is 0.397. The van der Waals surface area contributed by atoms with Crippen molar-refractivity contribution in [3.63, 3.8) is 0 Å². The number of piperazine rings is 1. The summed E-state index contributed by atoms with van der Waals surface area (Å²) in [5.74, 6) is -3.94. The molecule has 2 amide bonds. The van der Waals surface area contributed by atoms with E-state index in [1.807, 2.05) is 11.8 Å². The van der Waals surface area contributed by atoms with Crippen LogP contribution in [0.25, 0.3) is 0 Å². The van der Waals surface area contributed by atoms with E-state index in [1.54, 1.807) is 11.0 Å². The predicted molar refractivity (Wildman–Crippen MR) is 135 cm³/mol. The van der Waals surface area contributed by atoms with Crippen LogP contribution in [0.2, 0.25) is 5.02 Å². The van der Waals surface area contributed by atoms with E-state index in [0.717, 1.165) is 6.07 Å². The Morgan fingerprint density at radius 1 is 1.13 bits per heavy atom. The smallest absolute Gasteiger partial charge is 0.365 e. The molecule has 0 saturated carbocycles. The Bertz CT molecular complexity index is 1160. The summed E-state index contributed by atoms with van der Waals surface area (Å²) in [7, 11) is 0. The summed E-state index contributed by atoms with van der Waals surface area (Å²) in [5.41, 5.74) is 5.41. The molecule has 1 aliphatic rings. The van der Waals surface area contributed by atoms with Gasteiger partial charge < -0.3 is 21.3 Å². The Morgan fingerprint density at radius 2 is 1.87 bits per heavy atom. The number of amides is 2. The average molecular weight is 562 g/mol. The van der Waals surface area contributed by atoms with Gasteiger partial charge in [0.2, 0.25) is 5.91 Å². The first-order valence-electron chi connectivity index (χ1n) is 12.0. The summed E-state index contributed by atoms with van der Waals surface area (Å²) in [6.45, 7) is 2.67. The molecule has 13 heteroatoms.